The van der Waals surface area contributed by atoms with Crippen molar-refractivity contribution in [2.75, 3.05) is 32.7 Å². The van der Waals surface area contributed by atoms with E-state index in [0.29, 0.717) is 11.6 Å². The highest BCUT2D eigenvalue weighted by atomic mass is 35.5. The number of amides is 2. The van der Waals surface area contributed by atoms with E-state index in [0.717, 1.165) is 43.2 Å². The molecule has 34 heavy (non-hydrogen) atoms. The summed E-state index contributed by atoms with van der Waals surface area (Å²) < 4.78 is 0. The highest BCUT2D eigenvalue weighted by molar-refractivity contribution is 6.30. The topological polar surface area (TPSA) is 64.7 Å². The molecule has 2 N–H and O–H groups in total. The zero-order chi connectivity index (χ0) is 23.8. The number of hydrogen-bond donors (Lipinski definition) is 2. The fraction of sp³-hybridized carbons (Fsp3) is 0.407. The summed E-state index contributed by atoms with van der Waals surface area (Å²) in [6.07, 6.45) is 6.64. The average molecular weight is 481 g/mol. The fourth-order valence-electron chi connectivity index (χ4n) is 4.58. The van der Waals surface area contributed by atoms with Gasteiger partial charge in [-0.05, 0) is 80.6 Å². The summed E-state index contributed by atoms with van der Waals surface area (Å²) in [5, 5.41) is 5.00. The lowest BCUT2D eigenvalue weighted by Crippen LogP contribution is -2.49. The quantitative estimate of drug-likeness (QED) is 0.535. The van der Waals surface area contributed by atoms with Gasteiger partial charge in [0.1, 0.15) is 6.54 Å². The minimum Gasteiger partial charge on any atom is -0.354 e. The molecule has 0 unspecified atom stereocenters. The Hall–Kier alpha value is -2.83. The SMILES string of the molecule is O=C(CN1NC(c2ccc(Cl)cc2)=CCC1=O)NCCCN1CCC(Cc2ccccc2)CC1. The van der Waals surface area contributed by atoms with E-state index in [-0.39, 0.29) is 24.8 Å². The van der Waals surface area contributed by atoms with E-state index in [4.69, 9.17) is 11.6 Å². The summed E-state index contributed by atoms with van der Waals surface area (Å²) in [5.41, 5.74) is 6.23. The Morgan fingerprint density at radius 1 is 1.06 bits per heavy atom. The lowest BCUT2D eigenvalue weighted by molar-refractivity contribution is -0.137. The molecular formula is C27H33ClN4O2. The number of carbonyl (C=O) groups excluding carboxylic acids is 2. The maximum Gasteiger partial charge on any atom is 0.245 e. The maximum absolute atomic E-state index is 12.4. The normalized spacial score (nSPS) is 17.3. The third kappa shape index (κ3) is 7.08. The molecule has 0 bridgehead atoms. The van der Waals surface area contributed by atoms with Crippen LogP contribution in [0.25, 0.3) is 5.70 Å². The van der Waals surface area contributed by atoms with Gasteiger partial charge < -0.3 is 10.2 Å². The summed E-state index contributed by atoms with van der Waals surface area (Å²) in [7, 11) is 0. The molecule has 1 saturated heterocycles. The van der Waals surface area contributed by atoms with Crippen molar-refractivity contribution >= 4 is 29.1 Å². The summed E-state index contributed by atoms with van der Waals surface area (Å²) in [4.78, 5) is 27.2. The van der Waals surface area contributed by atoms with E-state index in [1.165, 1.54) is 29.8 Å². The molecule has 2 aliphatic rings. The van der Waals surface area contributed by atoms with Crippen molar-refractivity contribution in [3.63, 3.8) is 0 Å². The van der Waals surface area contributed by atoms with Gasteiger partial charge in [0.15, 0.2) is 0 Å². The van der Waals surface area contributed by atoms with Crippen LogP contribution in [0.5, 0.6) is 0 Å². The van der Waals surface area contributed by atoms with Gasteiger partial charge in [0.25, 0.3) is 0 Å². The molecule has 7 heteroatoms. The van der Waals surface area contributed by atoms with Crippen LogP contribution in [0, 0.1) is 5.92 Å². The van der Waals surface area contributed by atoms with Crippen LogP contribution in [0.2, 0.25) is 5.02 Å². The van der Waals surface area contributed by atoms with E-state index in [9.17, 15) is 9.59 Å². The Balaban J connectivity index is 1.12. The van der Waals surface area contributed by atoms with Gasteiger partial charge in [0.2, 0.25) is 11.8 Å². The summed E-state index contributed by atoms with van der Waals surface area (Å²) in [6.45, 7) is 3.84. The second kappa shape index (κ2) is 12.0. The van der Waals surface area contributed by atoms with Crippen LogP contribution < -0.4 is 10.7 Å². The lowest BCUT2D eigenvalue weighted by Gasteiger charge is -2.32. The predicted octanol–water partition coefficient (Wildman–Crippen LogP) is 3.88. The zero-order valence-electron chi connectivity index (χ0n) is 19.5. The van der Waals surface area contributed by atoms with E-state index in [1.807, 2.05) is 18.2 Å². The molecule has 2 heterocycles. The number of carbonyl (C=O) groups is 2. The molecular weight excluding hydrogens is 448 g/mol. The smallest absolute Gasteiger partial charge is 0.245 e. The van der Waals surface area contributed by atoms with Crippen LogP contribution in [0.4, 0.5) is 0 Å². The molecule has 0 aromatic heterocycles. The van der Waals surface area contributed by atoms with Crippen molar-refractivity contribution in [2.24, 2.45) is 5.92 Å². The Morgan fingerprint density at radius 2 is 1.79 bits per heavy atom. The van der Waals surface area contributed by atoms with E-state index in [1.54, 1.807) is 12.1 Å². The number of likely N-dealkylation sites (tertiary alicyclic amines) is 1. The average Bonchev–Trinajstić information content (AvgIpc) is 2.85. The van der Waals surface area contributed by atoms with Crippen molar-refractivity contribution in [3.8, 4) is 0 Å². The molecule has 0 radical (unpaired) electrons. The highest BCUT2D eigenvalue weighted by Crippen LogP contribution is 2.22. The van der Waals surface area contributed by atoms with Crippen molar-refractivity contribution < 1.29 is 9.59 Å². The first kappa shape index (κ1) is 24.3. The number of benzene rings is 2. The number of hydrazine groups is 1. The van der Waals surface area contributed by atoms with Crippen LogP contribution in [-0.4, -0.2) is 54.4 Å². The van der Waals surface area contributed by atoms with Crippen molar-refractivity contribution in [1.29, 1.82) is 0 Å². The summed E-state index contributed by atoms with van der Waals surface area (Å²) >= 11 is 5.96. The Labute approximate surface area is 206 Å². The van der Waals surface area contributed by atoms with Gasteiger partial charge in [-0.15, -0.1) is 0 Å². The molecule has 2 amide bonds. The fourth-order valence-corrected chi connectivity index (χ4v) is 4.71. The number of nitrogens with one attached hydrogen (secondary N) is 2. The highest BCUT2D eigenvalue weighted by Gasteiger charge is 2.22. The molecule has 0 saturated carbocycles. The molecule has 0 atom stereocenters. The van der Waals surface area contributed by atoms with Gasteiger partial charge in [-0.25, -0.2) is 5.01 Å². The first-order valence-electron chi connectivity index (χ1n) is 12.1. The zero-order valence-corrected chi connectivity index (χ0v) is 20.3. The Morgan fingerprint density at radius 3 is 2.53 bits per heavy atom. The van der Waals surface area contributed by atoms with Gasteiger partial charge in [-0.1, -0.05) is 54.1 Å². The van der Waals surface area contributed by atoms with E-state index < -0.39 is 0 Å². The molecule has 4 rings (SSSR count). The van der Waals surface area contributed by atoms with E-state index >= 15 is 0 Å². The largest absolute Gasteiger partial charge is 0.354 e. The van der Waals surface area contributed by atoms with Crippen molar-refractivity contribution in [3.05, 3.63) is 76.8 Å². The van der Waals surface area contributed by atoms with Gasteiger partial charge in [-0.3, -0.25) is 15.0 Å². The van der Waals surface area contributed by atoms with Crippen LogP contribution in [0.1, 0.15) is 36.8 Å². The predicted molar refractivity (Wildman–Crippen MR) is 136 cm³/mol. The number of halogens is 1. The van der Waals surface area contributed by atoms with Crippen LogP contribution in [0.3, 0.4) is 0 Å². The molecule has 2 aliphatic heterocycles. The van der Waals surface area contributed by atoms with Gasteiger partial charge in [0, 0.05) is 18.0 Å². The standard InChI is InChI=1S/C27H33ClN4O2/c28-24-9-7-23(8-10-24)25-11-12-27(34)32(30-25)20-26(33)29-15-4-16-31-17-13-22(14-18-31)19-21-5-2-1-3-6-21/h1-3,5-11,22,30H,4,12-20H2,(H,29,33). The maximum atomic E-state index is 12.4. The third-order valence-electron chi connectivity index (χ3n) is 6.54. The molecule has 0 aliphatic carbocycles. The summed E-state index contributed by atoms with van der Waals surface area (Å²) in [6, 6.07) is 18.1. The number of rotatable bonds is 9. The van der Waals surface area contributed by atoms with Crippen LogP contribution >= 0.6 is 11.6 Å². The Bertz CT molecular complexity index is 985. The molecule has 1 fully saturated rings. The lowest BCUT2D eigenvalue weighted by atomic mass is 9.90. The van der Waals surface area contributed by atoms with Crippen LogP contribution in [-0.2, 0) is 16.0 Å². The minimum absolute atomic E-state index is 0.00531. The second-order valence-corrected chi connectivity index (χ2v) is 9.54. The molecule has 6 nitrogen and oxygen atoms in total. The van der Waals surface area contributed by atoms with Gasteiger partial charge in [-0.2, -0.15) is 0 Å². The van der Waals surface area contributed by atoms with Crippen molar-refractivity contribution in [2.45, 2.75) is 32.1 Å². The molecule has 2 aromatic carbocycles. The monoisotopic (exact) mass is 480 g/mol. The molecule has 180 valence electrons. The first-order chi connectivity index (χ1) is 16.6. The Kier molecular flexibility index (Phi) is 8.61. The van der Waals surface area contributed by atoms with Gasteiger partial charge >= 0.3 is 0 Å². The minimum atomic E-state index is -0.153. The summed E-state index contributed by atoms with van der Waals surface area (Å²) in [5.74, 6) is 0.491. The first-order valence-corrected chi connectivity index (χ1v) is 12.5. The number of piperidine rings is 1. The van der Waals surface area contributed by atoms with Crippen molar-refractivity contribution in [1.82, 2.24) is 20.7 Å². The number of nitrogens with zero attached hydrogens (tertiary/aromatic N) is 2. The molecule has 0 spiro atoms. The number of hydrogen-bond acceptors (Lipinski definition) is 4. The second-order valence-electron chi connectivity index (χ2n) is 9.10. The molecule has 2 aromatic rings. The van der Waals surface area contributed by atoms with Gasteiger partial charge in [0.05, 0.1) is 5.70 Å². The van der Waals surface area contributed by atoms with Crippen LogP contribution in [0.15, 0.2) is 60.7 Å². The third-order valence-corrected chi connectivity index (χ3v) is 6.79. The van der Waals surface area contributed by atoms with E-state index in [2.05, 4.69) is 46.0 Å².